The number of benzene rings is 1. The molecule has 1 saturated carbocycles. The molecule has 5 heteroatoms. The number of carboxylic acid groups (broad SMARTS) is 1. The summed E-state index contributed by atoms with van der Waals surface area (Å²) in [6.45, 7) is 0.412. The van der Waals surface area contributed by atoms with Crippen molar-refractivity contribution in [2.45, 2.75) is 25.3 Å². The summed E-state index contributed by atoms with van der Waals surface area (Å²) in [5.41, 5.74) is 0.964. The van der Waals surface area contributed by atoms with Crippen molar-refractivity contribution in [1.82, 2.24) is 5.32 Å². The summed E-state index contributed by atoms with van der Waals surface area (Å²) >= 11 is 0. The molecule has 1 amide bonds. The molecule has 2 N–H and O–H groups in total. The van der Waals surface area contributed by atoms with Gasteiger partial charge in [0.05, 0.1) is 17.9 Å². The van der Waals surface area contributed by atoms with E-state index in [0.717, 1.165) is 17.7 Å². The molecule has 1 aliphatic heterocycles. The van der Waals surface area contributed by atoms with Crippen LogP contribution in [0, 0.1) is 11.8 Å². The largest absolute Gasteiger partial charge is 0.491 e. The van der Waals surface area contributed by atoms with Crippen LogP contribution in [0.3, 0.4) is 0 Å². The lowest BCUT2D eigenvalue weighted by molar-refractivity contribution is -0.146. The molecule has 1 heterocycles. The summed E-state index contributed by atoms with van der Waals surface area (Å²) in [5, 5.41) is 12.1. The fourth-order valence-electron chi connectivity index (χ4n) is 3.13. The number of ether oxygens (including phenoxy) is 1. The number of aliphatic carboxylic acids is 1. The molecule has 0 radical (unpaired) electrons. The van der Waals surface area contributed by atoms with Gasteiger partial charge < -0.3 is 15.2 Å². The van der Waals surface area contributed by atoms with Crippen molar-refractivity contribution in [3.63, 3.8) is 0 Å². The van der Waals surface area contributed by atoms with Gasteiger partial charge in [-0.05, 0) is 18.9 Å². The van der Waals surface area contributed by atoms with Gasteiger partial charge >= 0.3 is 5.97 Å². The molecule has 1 aromatic carbocycles. The molecule has 2 aliphatic rings. The van der Waals surface area contributed by atoms with Gasteiger partial charge in [0, 0.05) is 5.56 Å². The van der Waals surface area contributed by atoms with Crippen molar-refractivity contribution in [3.05, 3.63) is 29.8 Å². The van der Waals surface area contributed by atoms with Crippen LogP contribution in [0.25, 0.3) is 0 Å². The topological polar surface area (TPSA) is 75.6 Å². The molecule has 106 valence electrons. The SMILES string of the molecule is O=C(O)[C@H]1CCC[C@H]1C(=O)NC1COc2ccccc21. The highest BCUT2D eigenvalue weighted by atomic mass is 16.5. The second kappa shape index (κ2) is 5.15. The minimum absolute atomic E-state index is 0.166. The number of carbonyl (C=O) groups excluding carboxylic acids is 1. The van der Waals surface area contributed by atoms with Crippen LogP contribution in [-0.2, 0) is 9.59 Å². The van der Waals surface area contributed by atoms with Gasteiger partial charge in [0.25, 0.3) is 0 Å². The minimum Gasteiger partial charge on any atom is -0.491 e. The molecule has 3 rings (SSSR count). The van der Waals surface area contributed by atoms with Crippen molar-refractivity contribution >= 4 is 11.9 Å². The maximum atomic E-state index is 12.3. The van der Waals surface area contributed by atoms with Crippen molar-refractivity contribution in [1.29, 1.82) is 0 Å². The molecular weight excluding hydrogens is 258 g/mol. The zero-order valence-corrected chi connectivity index (χ0v) is 11.0. The van der Waals surface area contributed by atoms with Gasteiger partial charge in [-0.15, -0.1) is 0 Å². The molecule has 5 nitrogen and oxygen atoms in total. The Kier molecular flexibility index (Phi) is 3.34. The molecule has 1 aliphatic carbocycles. The van der Waals surface area contributed by atoms with E-state index in [4.69, 9.17) is 9.84 Å². The summed E-state index contributed by atoms with van der Waals surface area (Å²) in [5.74, 6) is -1.21. The van der Waals surface area contributed by atoms with E-state index in [1.807, 2.05) is 24.3 Å². The van der Waals surface area contributed by atoms with Crippen LogP contribution < -0.4 is 10.1 Å². The number of hydrogen-bond acceptors (Lipinski definition) is 3. The number of rotatable bonds is 3. The Labute approximate surface area is 116 Å². The zero-order valence-electron chi connectivity index (χ0n) is 11.0. The van der Waals surface area contributed by atoms with Crippen molar-refractivity contribution < 1.29 is 19.4 Å². The third-order valence-electron chi connectivity index (χ3n) is 4.19. The molecule has 1 aromatic rings. The highest BCUT2D eigenvalue weighted by molar-refractivity contribution is 5.85. The Hall–Kier alpha value is -2.04. The van der Waals surface area contributed by atoms with Gasteiger partial charge in [-0.2, -0.15) is 0 Å². The fraction of sp³-hybridized carbons (Fsp3) is 0.467. The van der Waals surface area contributed by atoms with Crippen LogP contribution in [0.2, 0.25) is 0 Å². The molecule has 0 spiro atoms. The van der Waals surface area contributed by atoms with E-state index >= 15 is 0 Å². The lowest BCUT2D eigenvalue weighted by Crippen LogP contribution is -2.38. The Morgan fingerprint density at radius 3 is 2.75 bits per heavy atom. The van der Waals surface area contributed by atoms with Crippen LogP contribution in [-0.4, -0.2) is 23.6 Å². The predicted molar refractivity (Wildman–Crippen MR) is 71.3 cm³/mol. The van der Waals surface area contributed by atoms with Gasteiger partial charge in [0.1, 0.15) is 12.4 Å². The van der Waals surface area contributed by atoms with E-state index in [9.17, 15) is 9.59 Å². The van der Waals surface area contributed by atoms with Gasteiger partial charge in [0.15, 0.2) is 0 Å². The number of amides is 1. The summed E-state index contributed by atoms with van der Waals surface area (Å²) in [4.78, 5) is 23.4. The fourth-order valence-corrected chi connectivity index (χ4v) is 3.13. The normalized spacial score (nSPS) is 27.7. The minimum atomic E-state index is -0.870. The lowest BCUT2D eigenvalue weighted by atomic mass is 9.94. The third-order valence-corrected chi connectivity index (χ3v) is 4.19. The Bertz CT molecular complexity index is 542. The number of carboxylic acids is 1. The van der Waals surface area contributed by atoms with Crippen LogP contribution in [0.15, 0.2) is 24.3 Å². The smallest absolute Gasteiger partial charge is 0.307 e. The monoisotopic (exact) mass is 275 g/mol. The van der Waals surface area contributed by atoms with Crippen LogP contribution in [0.4, 0.5) is 0 Å². The van der Waals surface area contributed by atoms with E-state index in [1.165, 1.54) is 0 Å². The van der Waals surface area contributed by atoms with Crippen LogP contribution >= 0.6 is 0 Å². The standard InChI is InChI=1S/C15H17NO4/c17-14(9-5-3-6-10(9)15(18)19)16-12-8-20-13-7-2-1-4-11(12)13/h1-2,4,7,9-10,12H,3,5-6,8H2,(H,16,17)(H,18,19)/t9-,10+,12?/m1/s1. The number of para-hydroxylation sites is 1. The molecule has 1 unspecified atom stereocenters. The van der Waals surface area contributed by atoms with E-state index < -0.39 is 17.8 Å². The van der Waals surface area contributed by atoms with E-state index in [2.05, 4.69) is 5.32 Å². The van der Waals surface area contributed by atoms with Crippen molar-refractivity contribution in [2.75, 3.05) is 6.61 Å². The number of carbonyl (C=O) groups is 2. The predicted octanol–water partition coefficient (Wildman–Crippen LogP) is 1.74. The number of fused-ring (bicyclic) bond motifs is 1. The first-order valence-electron chi connectivity index (χ1n) is 6.91. The van der Waals surface area contributed by atoms with Gasteiger partial charge in [-0.1, -0.05) is 24.6 Å². The van der Waals surface area contributed by atoms with E-state index in [0.29, 0.717) is 19.4 Å². The summed E-state index contributed by atoms with van der Waals surface area (Å²) in [6.07, 6.45) is 2.04. The number of hydrogen-bond donors (Lipinski definition) is 2. The maximum absolute atomic E-state index is 12.3. The van der Waals surface area contributed by atoms with Crippen LogP contribution in [0.5, 0.6) is 5.75 Å². The van der Waals surface area contributed by atoms with Crippen molar-refractivity contribution in [2.24, 2.45) is 11.8 Å². The second-order valence-electron chi connectivity index (χ2n) is 5.39. The van der Waals surface area contributed by atoms with Gasteiger partial charge in [-0.3, -0.25) is 9.59 Å². The molecule has 0 bridgehead atoms. The van der Waals surface area contributed by atoms with Gasteiger partial charge in [0.2, 0.25) is 5.91 Å². The molecule has 0 saturated heterocycles. The van der Waals surface area contributed by atoms with E-state index in [1.54, 1.807) is 0 Å². The van der Waals surface area contributed by atoms with E-state index in [-0.39, 0.29) is 11.9 Å². The van der Waals surface area contributed by atoms with Crippen LogP contribution in [0.1, 0.15) is 30.9 Å². The molecule has 3 atom stereocenters. The highest BCUT2D eigenvalue weighted by Gasteiger charge is 2.39. The second-order valence-corrected chi connectivity index (χ2v) is 5.39. The Morgan fingerprint density at radius 1 is 1.20 bits per heavy atom. The molecular formula is C15H17NO4. The molecule has 1 fully saturated rings. The quantitative estimate of drug-likeness (QED) is 0.881. The first kappa shape index (κ1) is 13.0. The summed E-state index contributed by atoms with van der Waals surface area (Å²) < 4.78 is 5.52. The zero-order chi connectivity index (χ0) is 14.1. The highest BCUT2D eigenvalue weighted by Crippen LogP contribution is 2.35. The summed E-state index contributed by atoms with van der Waals surface area (Å²) in [7, 11) is 0. The molecule has 20 heavy (non-hydrogen) atoms. The average Bonchev–Trinajstić information content (AvgIpc) is 3.06. The average molecular weight is 275 g/mol. The lowest BCUT2D eigenvalue weighted by Gasteiger charge is -2.18. The Morgan fingerprint density at radius 2 is 1.95 bits per heavy atom. The Balaban J connectivity index is 1.70. The molecule has 0 aromatic heterocycles. The summed E-state index contributed by atoms with van der Waals surface area (Å²) in [6, 6.07) is 7.42. The number of nitrogens with one attached hydrogen (secondary N) is 1. The first-order valence-corrected chi connectivity index (χ1v) is 6.91. The third kappa shape index (κ3) is 2.24. The first-order chi connectivity index (χ1) is 9.66. The van der Waals surface area contributed by atoms with Gasteiger partial charge in [-0.25, -0.2) is 0 Å². The maximum Gasteiger partial charge on any atom is 0.307 e. The van der Waals surface area contributed by atoms with Crippen molar-refractivity contribution in [3.8, 4) is 5.75 Å².